The number of para-hydroxylation sites is 1. The van der Waals surface area contributed by atoms with Gasteiger partial charge in [-0.15, -0.1) is 0 Å². The molecule has 80 valence electrons. The molecule has 1 aromatic heterocycles. The van der Waals surface area contributed by atoms with Gasteiger partial charge in [0, 0.05) is 10.9 Å². The van der Waals surface area contributed by atoms with E-state index in [1.165, 1.54) is 0 Å². The summed E-state index contributed by atoms with van der Waals surface area (Å²) in [6.45, 7) is 1.56. The van der Waals surface area contributed by atoms with Crippen molar-refractivity contribution in [3.63, 3.8) is 0 Å². The highest BCUT2D eigenvalue weighted by molar-refractivity contribution is 5.82. The summed E-state index contributed by atoms with van der Waals surface area (Å²) in [7, 11) is 0. The SMILES string of the molecule is Cc1oc2ccccc2c1CC(F)(F)F. The van der Waals surface area contributed by atoms with Gasteiger partial charge in [0.15, 0.2) is 0 Å². The molecule has 0 radical (unpaired) electrons. The molecule has 0 N–H and O–H groups in total. The van der Waals surface area contributed by atoms with Gasteiger partial charge in [0.25, 0.3) is 0 Å². The first-order chi connectivity index (χ1) is 6.97. The smallest absolute Gasteiger partial charge is 0.393 e. The van der Waals surface area contributed by atoms with Gasteiger partial charge in [-0.25, -0.2) is 0 Å². The Morgan fingerprint density at radius 2 is 1.87 bits per heavy atom. The van der Waals surface area contributed by atoms with Crippen LogP contribution in [0.2, 0.25) is 0 Å². The summed E-state index contributed by atoms with van der Waals surface area (Å²) in [5.41, 5.74) is 0.743. The molecule has 0 aliphatic carbocycles. The third-order valence-electron chi connectivity index (χ3n) is 2.28. The summed E-state index contributed by atoms with van der Waals surface area (Å²) in [6, 6.07) is 6.76. The summed E-state index contributed by atoms with van der Waals surface area (Å²) >= 11 is 0. The lowest BCUT2D eigenvalue weighted by Gasteiger charge is -2.04. The first kappa shape index (κ1) is 10.1. The maximum Gasteiger partial charge on any atom is 0.393 e. The van der Waals surface area contributed by atoms with Crippen LogP contribution in [0.5, 0.6) is 0 Å². The van der Waals surface area contributed by atoms with Crippen molar-refractivity contribution in [2.75, 3.05) is 0 Å². The second-order valence-corrected chi connectivity index (χ2v) is 3.42. The van der Waals surface area contributed by atoms with Crippen molar-refractivity contribution in [3.05, 3.63) is 35.6 Å². The van der Waals surface area contributed by atoms with E-state index >= 15 is 0 Å². The minimum Gasteiger partial charge on any atom is -0.461 e. The zero-order valence-electron chi connectivity index (χ0n) is 8.06. The standard InChI is InChI=1S/C11H9F3O/c1-7-9(6-11(12,13)14)8-4-2-3-5-10(8)15-7/h2-5H,6H2,1H3. The Hall–Kier alpha value is -1.45. The fourth-order valence-electron chi connectivity index (χ4n) is 1.64. The Morgan fingerprint density at radius 3 is 2.53 bits per heavy atom. The van der Waals surface area contributed by atoms with Gasteiger partial charge >= 0.3 is 6.18 Å². The van der Waals surface area contributed by atoms with Crippen LogP contribution in [-0.2, 0) is 6.42 Å². The molecule has 0 atom stereocenters. The van der Waals surface area contributed by atoms with Gasteiger partial charge in [0.2, 0.25) is 0 Å². The zero-order chi connectivity index (χ0) is 11.1. The number of furan rings is 1. The number of rotatable bonds is 1. The maximum atomic E-state index is 12.3. The normalized spacial score (nSPS) is 12.3. The summed E-state index contributed by atoms with van der Waals surface area (Å²) in [5.74, 6) is 0.341. The Labute approximate surface area is 84.5 Å². The fourth-order valence-corrected chi connectivity index (χ4v) is 1.64. The van der Waals surface area contributed by atoms with Gasteiger partial charge in [0.05, 0.1) is 6.42 Å². The van der Waals surface area contributed by atoms with E-state index in [0.717, 1.165) is 0 Å². The van der Waals surface area contributed by atoms with Crippen LogP contribution in [-0.4, -0.2) is 6.18 Å². The van der Waals surface area contributed by atoms with Crippen molar-refractivity contribution in [3.8, 4) is 0 Å². The molecule has 1 heterocycles. The first-order valence-electron chi connectivity index (χ1n) is 4.51. The van der Waals surface area contributed by atoms with Crippen molar-refractivity contribution in [2.24, 2.45) is 0 Å². The van der Waals surface area contributed by atoms with E-state index in [4.69, 9.17) is 4.42 Å². The minimum atomic E-state index is -4.20. The molecule has 0 saturated carbocycles. The third-order valence-corrected chi connectivity index (χ3v) is 2.28. The quantitative estimate of drug-likeness (QED) is 0.702. The molecule has 1 nitrogen and oxygen atoms in total. The van der Waals surface area contributed by atoms with E-state index in [1.54, 1.807) is 31.2 Å². The van der Waals surface area contributed by atoms with E-state index in [9.17, 15) is 13.2 Å². The summed E-state index contributed by atoms with van der Waals surface area (Å²) in [4.78, 5) is 0. The molecule has 0 spiro atoms. The summed E-state index contributed by atoms with van der Waals surface area (Å²) < 4.78 is 42.1. The number of hydrogen-bond donors (Lipinski definition) is 0. The highest BCUT2D eigenvalue weighted by atomic mass is 19.4. The highest BCUT2D eigenvalue weighted by Gasteiger charge is 2.30. The molecule has 15 heavy (non-hydrogen) atoms. The van der Waals surface area contributed by atoms with Crippen molar-refractivity contribution < 1.29 is 17.6 Å². The van der Waals surface area contributed by atoms with Crippen LogP contribution in [0.4, 0.5) is 13.2 Å². The summed E-state index contributed by atoms with van der Waals surface area (Å²) in [6.07, 6.45) is -5.13. The van der Waals surface area contributed by atoms with Crippen molar-refractivity contribution in [1.29, 1.82) is 0 Å². The second-order valence-electron chi connectivity index (χ2n) is 3.42. The van der Waals surface area contributed by atoms with Crippen LogP contribution in [0.25, 0.3) is 11.0 Å². The van der Waals surface area contributed by atoms with Crippen LogP contribution in [0, 0.1) is 6.92 Å². The van der Waals surface area contributed by atoms with E-state index in [1.807, 2.05) is 0 Å². The molecule has 4 heteroatoms. The first-order valence-corrected chi connectivity index (χ1v) is 4.51. The lowest BCUT2D eigenvalue weighted by Crippen LogP contribution is -2.11. The molecular formula is C11H9F3O. The molecule has 0 amide bonds. The number of benzene rings is 1. The van der Waals surface area contributed by atoms with E-state index in [2.05, 4.69) is 0 Å². The number of aryl methyl sites for hydroxylation is 1. The van der Waals surface area contributed by atoms with E-state index < -0.39 is 12.6 Å². The second kappa shape index (κ2) is 3.29. The maximum absolute atomic E-state index is 12.3. The lowest BCUT2D eigenvalue weighted by molar-refractivity contribution is -0.127. The molecule has 1 aromatic carbocycles. The predicted molar refractivity (Wildman–Crippen MR) is 50.7 cm³/mol. The van der Waals surface area contributed by atoms with Crippen LogP contribution in [0.3, 0.4) is 0 Å². The van der Waals surface area contributed by atoms with Gasteiger partial charge in [0.1, 0.15) is 11.3 Å². The van der Waals surface area contributed by atoms with Gasteiger partial charge in [-0.1, -0.05) is 18.2 Å². The van der Waals surface area contributed by atoms with Gasteiger partial charge < -0.3 is 4.42 Å². The van der Waals surface area contributed by atoms with Crippen LogP contribution < -0.4 is 0 Å². The van der Waals surface area contributed by atoms with Crippen molar-refractivity contribution >= 4 is 11.0 Å². The van der Waals surface area contributed by atoms with Crippen LogP contribution in [0.15, 0.2) is 28.7 Å². The number of halogens is 3. The molecule has 0 aliphatic heterocycles. The van der Waals surface area contributed by atoms with Gasteiger partial charge in [-0.2, -0.15) is 13.2 Å². The van der Waals surface area contributed by atoms with E-state index in [0.29, 0.717) is 16.7 Å². The van der Waals surface area contributed by atoms with Gasteiger partial charge in [-0.05, 0) is 13.0 Å². The molecular weight excluding hydrogens is 205 g/mol. The third kappa shape index (κ3) is 1.98. The Balaban J connectivity index is 2.54. The molecule has 0 saturated heterocycles. The van der Waals surface area contributed by atoms with Gasteiger partial charge in [-0.3, -0.25) is 0 Å². The minimum absolute atomic E-state index is 0.234. The Kier molecular flexibility index (Phi) is 2.21. The molecule has 2 rings (SSSR count). The van der Waals surface area contributed by atoms with Crippen LogP contribution >= 0.6 is 0 Å². The van der Waals surface area contributed by atoms with E-state index in [-0.39, 0.29) is 5.56 Å². The molecule has 0 bridgehead atoms. The topological polar surface area (TPSA) is 13.1 Å². The average Bonchev–Trinajstić information content (AvgIpc) is 2.41. The van der Waals surface area contributed by atoms with Crippen molar-refractivity contribution in [1.82, 2.24) is 0 Å². The predicted octanol–water partition coefficient (Wildman–Crippen LogP) is 3.85. The fraction of sp³-hybridized carbons (Fsp3) is 0.273. The number of fused-ring (bicyclic) bond motifs is 1. The highest BCUT2D eigenvalue weighted by Crippen LogP contribution is 2.31. The van der Waals surface area contributed by atoms with Crippen LogP contribution in [0.1, 0.15) is 11.3 Å². The summed E-state index contributed by atoms with van der Waals surface area (Å²) in [5, 5.41) is 0.548. The van der Waals surface area contributed by atoms with Crippen molar-refractivity contribution in [2.45, 2.75) is 19.5 Å². The zero-order valence-corrected chi connectivity index (χ0v) is 8.06. The number of hydrogen-bond acceptors (Lipinski definition) is 1. The monoisotopic (exact) mass is 214 g/mol. The molecule has 2 aromatic rings. The Morgan fingerprint density at radius 1 is 1.20 bits per heavy atom. The average molecular weight is 214 g/mol. The Bertz CT molecular complexity index is 482. The molecule has 0 aliphatic rings. The largest absolute Gasteiger partial charge is 0.461 e. The number of alkyl halides is 3. The lowest BCUT2D eigenvalue weighted by atomic mass is 10.1. The molecule has 0 fully saturated rings. The molecule has 0 unspecified atom stereocenters.